The van der Waals surface area contributed by atoms with Gasteiger partial charge in [-0.25, -0.2) is 15.2 Å². The second kappa shape index (κ2) is 4.14. The van der Waals surface area contributed by atoms with Crippen molar-refractivity contribution in [3.05, 3.63) is 41.0 Å². The van der Waals surface area contributed by atoms with Gasteiger partial charge in [0, 0.05) is 0 Å². The number of nitrogens with one attached hydrogen (secondary N) is 1. The molecule has 1 aromatic carbocycles. The molecule has 1 aromatic rings. The van der Waals surface area contributed by atoms with Gasteiger partial charge >= 0.3 is 6.09 Å². The van der Waals surface area contributed by atoms with Gasteiger partial charge in [-0.05, 0) is 30.5 Å². The lowest BCUT2D eigenvalue weighted by atomic mass is 10.1. The number of rotatable bonds is 1. The van der Waals surface area contributed by atoms with Gasteiger partial charge in [-0.2, -0.15) is 0 Å². The normalized spacial score (nSPS) is 20.7. The van der Waals surface area contributed by atoms with Crippen molar-refractivity contribution in [1.29, 1.82) is 0 Å². The topological polar surface area (TPSA) is 41.6 Å². The number of ether oxygens (including phenoxy) is 1. The summed E-state index contributed by atoms with van der Waals surface area (Å²) in [6, 6.07) is 8.36. The molecule has 1 amide bonds. The molecule has 1 unspecified atom stereocenters. The van der Waals surface area contributed by atoms with E-state index in [-0.39, 0.29) is 18.2 Å². The summed E-state index contributed by atoms with van der Waals surface area (Å²) in [6.45, 7) is 4.29. The van der Waals surface area contributed by atoms with Crippen LogP contribution in [0.4, 0.5) is 4.79 Å². The van der Waals surface area contributed by atoms with Crippen molar-refractivity contribution in [1.82, 2.24) is 10.4 Å². The van der Waals surface area contributed by atoms with Crippen molar-refractivity contribution in [3.63, 3.8) is 0 Å². The molecular formula is C14H16N2O2. The molecule has 2 aliphatic rings. The number of hydrogen-bond donors (Lipinski definition) is 1. The van der Waals surface area contributed by atoms with Crippen molar-refractivity contribution in [2.45, 2.75) is 26.0 Å². The number of hydrazine groups is 1. The first kappa shape index (κ1) is 11.3. The quantitative estimate of drug-likeness (QED) is 0.825. The molecule has 0 bridgehead atoms. The van der Waals surface area contributed by atoms with E-state index in [4.69, 9.17) is 4.74 Å². The zero-order chi connectivity index (χ0) is 12.7. The Morgan fingerprint density at radius 2 is 2.22 bits per heavy atom. The molecule has 1 aliphatic carbocycles. The fourth-order valence-corrected chi connectivity index (χ4v) is 2.44. The number of benzene rings is 1. The number of carbonyl (C=O) groups is 1. The smallest absolute Gasteiger partial charge is 0.424 e. The van der Waals surface area contributed by atoms with Gasteiger partial charge in [-0.1, -0.05) is 30.3 Å². The average molecular weight is 244 g/mol. The Kier molecular flexibility index (Phi) is 2.59. The molecule has 0 radical (unpaired) electrons. The summed E-state index contributed by atoms with van der Waals surface area (Å²) in [4.78, 5) is 11.8. The summed E-state index contributed by atoms with van der Waals surface area (Å²) >= 11 is 0. The molecule has 0 saturated carbocycles. The van der Waals surface area contributed by atoms with Gasteiger partial charge < -0.3 is 4.74 Å². The minimum Gasteiger partial charge on any atom is -0.446 e. The average Bonchev–Trinajstić information content (AvgIpc) is 2.84. The number of nitrogens with zero attached hydrogens (tertiary/aromatic N) is 1. The van der Waals surface area contributed by atoms with E-state index in [2.05, 4.69) is 23.6 Å². The van der Waals surface area contributed by atoms with Crippen LogP contribution in [0.15, 0.2) is 29.8 Å². The predicted octanol–water partition coefficient (Wildman–Crippen LogP) is 2.49. The molecule has 0 spiro atoms. The van der Waals surface area contributed by atoms with E-state index in [9.17, 15) is 4.79 Å². The number of carbonyl (C=O) groups excluding carboxylic acids is 1. The lowest BCUT2D eigenvalue weighted by molar-refractivity contribution is 0.0694. The maximum Gasteiger partial charge on any atom is 0.424 e. The Morgan fingerprint density at radius 1 is 1.44 bits per heavy atom. The molecule has 94 valence electrons. The van der Waals surface area contributed by atoms with Gasteiger partial charge in [0.1, 0.15) is 0 Å². The summed E-state index contributed by atoms with van der Waals surface area (Å²) in [6.07, 6.45) is 1.74. The fraction of sp³-hybridized carbons (Fsp3) is 0.357. The van der Waals surface area contributed by atoms with Crippen LogP contribution in [-0.4, -0.2) is 23.8 Å². The van der Waals surface area contributed by atoms with Gasteiger partial charge in [0.05, 0.1) is 18.7 Å². The molecular weight excluding hydrogens is 228 g/mol. The Bertz CT molecular complexity index is 522. The predicted molar refractivity (Wildman–Crippen MR) is 68.6 cm³/mol. The van der Waals surface area contributed by atoms with E-state index in [1.165, 1.54) is 16.7 Å². The van der Waals surface area contributed by atoms with Crippen LogP contribution < -0.4 is 5.43 Å². The largest absolute Gasteiger partial charge is 0.446 e. The van der Waals surface area contributed by atoms with Crippen molar-refractivity contribution in [3.8, 4) is 0 Å². The Labute approximate surface area is 106 Å². The van der Waals surface area contributed by atoms with E-state index < -0.39 is 0 Å². The molecule has 1 aliphatic heterocycles. The van der Waals surface area contributed by atoms with Crippen molar-refractivity contribution >= 4 is 12.2 Å². The summed E-state index contributed by atoms with van der Waals surface area (Å²) in [7, 11) is 0. The van der Waals surface area contributed by atoms with Crippen LogP contribution in [0, 0.1) is 0 Å². The molecule has 3 rings (SSSR count). The lowest BCUT2D eigenvalue weighted by Crippen LogP contribution is -2.39. The SMILES string of the molecule is CC(C)OC(=O)N1CC2=Cc3ccccc3C2N1. The van der Waals surface area contributed by atoms with Crippen molar-refractivity contribution in [2.24, 2.45) is 0 Å². The summed E-state index contributed by atoms with van der Waals surface area (Å²) in [5.74, 6) is 0. The van der Waals surface area contributed by atoms with Crippen LogP contribution in [0.3, 0.4) is 0 Å². The maximum absolute atomic E-state index is 11.8. The van der Waals surface area contributed by atoms with Crippen molar-refractivity contribution < 1.29 is 9.53 Å². The molecule has 18 heavy (non-hydrogen) atoms. The molecule has 1 heterocycles. The van der Waals surface area contributed by atoms with E-state index in [1.807, 2.05) is 26.0 Å². The van der Waals surface area contributed by atoms with Crippen LogP contribution in [0.25, 0.3) is 6.08 Å². The van der Waals surface area contributed by atoms with E-state index in [0.29, 0.717) is 6.54 Å². The highest BCUT2D eigenvalue weighted by Crippen LogP contribution is 2.38. The van der Waals surface area contributed by atoms with E-state index >= 15 is 0 Å². The Hall–Kier alpha value is -1.81. The molecule has 1 N–H and O–H groups in total. The first-order valence-electron chi connectivity index (χ1n) is 6.19. The van der Waals surface area contributed by atoms with Gasteiger partial charge in [-0.15, -0.1) is 0 Å². The van der Waals surface area contributed by atoms with Gasteiger partial charge in [0.2, 0.25) is 0 Å². The minimum absolute atomic E-state index is 0.0963. The van der Waals surface area contributed by atoms with Crippen molar-refractivity contribution in [2.75, 3.05) is 6.54 Å². The summed E-state index contributed by atoms with van der Waals surface area (Å²) in [5.41, 5.74) is 6.89. The van der Waals surface area contributed by atoms with Crippen LogP contribution in [0.1, 0.15) is 31.0 Å². The summed E-state index contributed by atoms with van der Waals surface area (Å²) < 4.78 is 5.18. The first-order valence-corrected chi connectivity index (χ1v) is 6.19. The fourth-order valence-electron chi connectivity index (χ4n) is 2.44. The van der Waals surface area contributed by atoms with Gasteiger partial charge in [-0.3, -0.25) is 0 Å². The van der Waals surface area contributed by atoms with Gasteiger partial charge in [0.25, 0.3) is 0 Å². The van der Waals surface area contributed by atoms with Crippen LogP contribution in [-0.2, 0) is 4.74 Å². The van der Waals surface area contributed by atoms with Gasteiger partial charge in [0.15, 0.2) is 0 Å². The minimum atomic E-state index is -0.308. The van der Waals surface area contributed by atoms with E-state index in [0.717, 1.165) is 0 Å². The monoisotopic (exact) mass is 244 g/mol. The van der Waals surface area contributed by atoms with Crippen LogP contribution in [0.5, 0.6) is 0 Å². The maximum atomic E-state index is 11.8. The molecule has 4 nitrogen and oxygen atoms in total. The Balaban J connectivity index is 1.77. The molecule has 1 atom stereocenters. The highest BCUT2D eigenvalue weighted by atomic mass is 16.6. The van der Waals surface area contributed by atoms with Crippen LogP contribution in [0.2, 0.25) is 0 Å². The first-order chi connectivity index (χ1) is 8.65. The lowest BCUT2D eigenvalue weighted by Gasteiger charge is -2.19. The highest BCUT2D eigenvalue weighted by molar-refractivity contribution is 5.73. The third-order valence-corrected chi connectivity index (χ3v) is 3.20. The standard InChI is InChI=1S/C14H16N2O2/c1-9(2)18-14(17)16-8-11-7-10-5-3-4-6-12(10)13(11)15-16/h3-7,9,13,15H,8H2,1-2H3. The second-order valence-electron chi connectivity index (χ2n) is 4.93. The third kappa shape index (κ3) is 1.78. The zero-order valence-corrected chi connectivity index (χ0v) is 10.5. The van der Waals surface area contributed by atoms with E-state index in [1.54, 1.807) is 5.01 Å². The number of fused-ring (bicyclic) bond motifs is 3. The summed E-state index contributed by atoms with van der Waals surface area (Å²) in [5, 5.41) is 1.55. The second-order valence-corrected chi connectivity index (χ2v) is 4.93. The molecule has 4 heteroatoms. The molecule has 1 saturated heterocycles. The Morgan fingerprint density at radius 3 is 3.00 bits per heavy atom. The highest BCUT2D eigenvalue weighted by Gasteiger charge is 2.36. The van der Waals surface area contributed by atoms with Crippen LogP contribution >= 0.6 is 0 Å². The number of hydrogen-bond acceptors (Lipinski definition) is 3. The number of amides is 1. The molecule has 0 aromatic heterocycles. The third-order valence-electron chi connectivity index (χ3n) is 3.20. The molecule has 1 fully saturated rings. The zero-order valence-electron chi connectivity index (χ0n) is 10.5.